The van der Waals surface area contributed by atoms with Gasteiger partial charge in [0.2, 0.25) is 5.91 Å². The Morgan fingerprint density at radius 1 is 1.44 bits per heavy atom. The number of aliphatic hydroxyl groups excluding tert-OH is 1. The standard InChI is InChI=1S/C14H28N2O2/c1-4-8-15-10-12(17)11-16-9-7-14(2,3)6-5-13(16)18/h12,15,17H,4-11H2,1-3H3. The van der Waals surface area contributed by atoms with E-state index in [2.05, 4.69) is 26.1 Å². The van der Waals surface area contributed by atoms with Gasteiger partial charge in [-0.1, -0.05) is 20.8 Å². The molecule has 0 radical (unpaired) electrons. The molecule has 1 aliphatic heterocycles. The number of amides is 1. The van der Waals surface area contributed by atoms with Crippen molar-refractivity contribution >= 4 is 5.91 Å². The van der Waals surface area contributed by atoms with Crippen LogP contribution in [-0.2, 0) is 4.79 Å². The van der Waals surface area contributed by atoms with Gasteiger partial charge in [-0.25, -0.2) is 0 Å². The zero-order valence-electron chi connectivity index (χ0n) is 12.0. The lowest BCUT2D eigenvalue weighted by atomic mass is 9.85. The topological polar surface area (TPSA) is 52.6 Å². The van der Waals surface area contributed by atoms with Crippen LogP contribution in [0.5, 0.6) is 0 Å². The van der Waals surface area contributed by atoms with Gasteiger partial charge in [0.15, 0.2) is 0 Å². The molecule has 106 valence electrons. The molecule has 1 heterocycles. The number of hydrogen-bond acceptors (Lipinski definition) is 3. The maximum absolute atomic E-state index is 12.0. The fourth-order valence-electron chi connectivity index (χ4n) is 2.25. The van der Waals surface area contributed by atoms with Gasteiger partial charge in [0.25, 0.3) is 0 Å². The van der Waals surface area contributed by atoms with Crippen molar-refractivity contribution in [2.45, 2.75) is 52.6 Å². The lowest BCUT2D eigenvalue weighted by Crippen LogP contribution is -2.41. The number of β-amino-alcohol motifs (C(OH)–C–C–N with tert-alkyl or cyclic N) is 1. The first-order valence-electron chi connectivity index (χ1n) is 7.11. The molecule has 0 aromatic heterocycles. The zero-order valence-corrected chi connectivity index (χ0v) is 12.0. The highest BCUT2D eigenvalue weighted by Crippen LogP contribution is 2.30. The van der Waals surface area contributed by atoms with E-state index in [1.165, 1.54) is 0 Å². The second-order valence-corrected chi connectivity index (χ2v) is 6.11. The SMILES string of the molecule is CCCNCC(O)CN1CCC(C)(C)CCC1=O. The molecule has 0 aromatic carbocycles. The Bertz CT molecular complexity index is 267. The summed E-state index contributed by atoms with van der Waals surface area (Å²) in [6, 6.07) is 0. The maximum Gasteiger partial charge on any atom is 0.222 e. The first-order chi connectivity index (χ1) is 8.44. The summed E-state index contributed by atoms with van der Waals surface area (Å²) in [4.78, 5) is 13.8. The maximum atomic E-state index is 12.0. The van der Waals surface area contributed by atoms with Crippen LogP contribution in [0.3, 0.4) is 0 Å². The highest BCUT2D eigenvalue weighted by atomic mass is 16.3. The molecule has 0 aromatic rings. The minimum Gasteiger partial charge on any atom is -0.390 e. The number of rotatable bonds is 6. The van der Waals surface area contributed by atoms with Gasteiger partial charge in [-0.2, -0.15) is 0 Å². The highest BCUT2D eigenvalue weighted by Gasteiger charge is 2.28. The lowest BCUT2D eigenvalue weighted by molar-refractivity contribution is -0.132. The summed E-state index contributed by atoms with van der Waals surface area (Å²) in [7, 11) is 0. The molecule has 1 fully saturated rings. The second kappa shape index (κ2) is 7.10. The van der Waals surface area contributed by atoms with Crippen molar-refractivity contribution < 1.29 is 9.90 Å². The van der Waals surface area contributed by atoms with E-state index in [9.17, 15) is 9.90 Å². The summed E-state index contributed by atoms with van der Waals surface area (Å²) < 4.78 is 0. The first kappa shape index (κ1) is 15.4. The van der Waals surface area contributed by atoms with Crippen molar-refractivity contribution in [3.63, 3.8) is 0 Å². The second-order valence-electron chi connectivity index (χ2n) is 6.11. The third-order valence-corrected chi connectivity index (χ3v) is 3.66. The van der Waals surface area contributed by atoms with E-state index in [-0.39, 0.29) is 11.3 Å². The normalized spacial score (nSPS) is 21.8. The van der Waals surface area contributed by atoms with Crippen molar-refractivity contribution in [3.8, 4) is 0 Å². The van der Waals surface area contributed by atoms with Crippen molar-refractivity contribution in [2.24, 2.45) is 5.41 Å². The van der Waals surface area contributed by atoms with E-state index in [4.69, 9.17) is 0 Å². The Kier molecular flexibility index (Phi) is 6.09. The summed E-state index contributed by atoms with van der Waals surface area (Å²) in [5.74, 6) is 0.190. The molecule has 1 aliphatic rings. The summed E-state index contributed by atoms with van der Waals surface area (Å²) in [6.07, 6.45) is 3.19. The Labute approximate surface area is 111 Å². The third kappa shape index (κ3) is 5.36. The van der Waals surface area contributed by atoms with Crippen LogP contribution in [-0.4, -0.2) is 48.2 Å². The van der Waals surface area contributed by atoms with Crippen molar-refractivity contribution in [2.75, 3.05) is 26.2 Å². The van der Waals surface area contributed by atoms with E-state index in [0.717, 1.165) is 32.4 Å². The van der Waals surface area contributed by atoms with Gasteiger partial charge in [-0.15, -0.1) is 0 Å². The Morgan fingerprint density at radius 2 is 2.17 bits per heavy atom. The molecule has 4 heteroatoms. The summed E-state index contributed by atoms with van der Waals surface area (Å²) >= 11 is 0. The number of carbonyl (C=O) groups excluding carboxylic acids is 1. The Hall–Kier alpha value is -0.610. The molecule has 4 nitrogen and oxygen atoms in total. The van der Waals surface area contributed by atoms with Gasteiger partial charge in [0, 0.05) is 26.1 Å². The molecular formula is C14H28N2O2. The molecule has 1 amide bonds. The van der Waals surface area contributed by atoms with Gasteiger partial charge >= 0.3 is 0 Å². The van der Waals surface area contributed by atoms with Gasteiger partial charge in [0.05, 0.1) is 6.10 Å². The number of aliphatic hydroxyl groups is 1. The van der Waals surface area contributed by atoms with E-state index in [0.29, 0.717) is 19.5 Å². The van der Waals surface area contributed by atoms with Gasteiger partial charge in [-0.3, -0.25) is 4.79 Å². The minimum atomic E-state index is -0.457. The van der Waals surface area contributed by atoms with E-state index < -0.39 is 6.10 Å². The van der Waals surface area contributed by atoms with Crippen LogP contribution in [0.1, 0.15) is 46.5 Å². The smallest absolute Gasteiger partial charge is 0.222 e. The molecule has 1 rings (SSSR count). The van der Waals surface area contributed by atoms with Crippen LogP contribution in [0, 0.1) is 5.41 Å². The highest BCUT2D eigenvalue weighted by molar-refractivity contribution is 5.76. The third-order valence-electron chi connectivity index (χ3n) is 3.66. The molecule has 0 spiro atoms. The molecule has 1 atom stereocenters. The van der Waals surface area contributed by atoms with Crippen LogP contribution >= 0.6 is 0 Å². The molecule has 0 saturated carbocycles. The molecule has 0 bridgehead atoms. The monoisotopic (exact) mass is 256 g/mol. The van der Waals surface area contributed by atoms with Crippen molar-refractivity contribution in [1.29, 1.82) is 0 Å². The zero-order chi connectivity index (χ0) is 13.6. The van der Waals surface area contributed by atoms with E-state index >= 15 is 0 Å². The predicted molar refractivity (Wildman–Crippen MR) is 73.4 cm³/mol. The summed E-state index contributed by atoms with van der Waals surface area (Å²) in [5.41, 5.74) is 0.246. The summed E-state index contributed by atoms with van der Waals surface area (Å²) in [6.45, 7) is 9.24. The Morgan fingerprint density at radius 3 is 2.83 bits per heavy atom. The van der Waals surface area contributed by atoms with Crippen LogP contribution in [0.4, 0.5) is 0 Å². The van der Waals surface area contributed by atoms with Crippen molar-refractivity contribution in [3.05, 3.63) is 0 Å². The molecule has 18 heavy (non-hydrogen) atoms. The quantitative estimate of drug-likeness (QED) is 0.706. The van der Waals surface area contributed by atoms with Gasteiger partial charge in [-0.05, 0) is 31.2 Å². The van der Waals surface area contributed by atoms with E-state index in [1.807, 2.05) is 4.90 Å². The van der Waals surface area contributed by atoms with Crippen LogP contribution in [0.25, 0.3) is 0 Å². The van der Waals surface area contributed by atoms with Crippen LogP contribution in [0.15, 0.2) is 0 Å². The number of carbonyl (C=O) groups is 1. The number of likely N-dealkylation sites (tertiary alicyclic amines) is 1. The molecule has 2 N–H and O–H groups in total. The van der Waals surface area contributed by atoms with Crippen LogP contribution in [0.2, 0.25) is 0 Å². The van der Waals surface area contributed by atoms with Gasteiger partial charge < -0.3 is 15.3 Å². The summed E-state index contributed by atoms with van der Waals surface area (Å²) in [5, 5.41) is 13.1. The number of nitrogens with one attached hydrogen (secondary N) is 1. The van der Waals surface area contributed by atoms with Crippen molar-refractivity contribution in [1.82, 2.24) is 10.2 Å². The molecule has 1 saturated heterocycles. The Balaban J connectivity index is 2.38. The van der Waals surface area contributed by atoms with E-state index in [1.54, 1.807) is 0 Å². The minimum absolute atomic E-state index is 0.190. The lowest BCUT2D eigenvalue weighted by Gasteiger charge is -2.25. The number of hydrogen-bond donors (Lipinski definition) is 2. The molecule has 1 unspecified atom stereocenters. The molecular weight excluding hydrogens is 228 g/mol. The predicted octanol–water partition coefficient (Wildman–Crippen LogP) is 1.39. The fraction of sp³-hybridized carbons (Fsp3) is 0.929. The molecule has 0 aliphatic carbocycles. The average Bonchev–Trinajstić information content (AvgIpc) is 2.43. The fourth-order valence-corrected chi connectivity index (χ4v) is 2.25. The first-order valence-corrected chi connectivity index (χ1v) is 7.11. The average molecular weight is 256 g/mol. The largest absolute Gasteiger partial charge is 0.390 e. The number of nitrogens with zero attached hydrogens (tertiary/aromatic N) is 1. The van der Waals surface area contributed by atoms with Crippen LogP contribution < -0.4 is 5.32 Å². The van der Waals surface area contributed by atoms with Gasteiger partial charge in [0.1, 0.15) is 0 Å².